The molecule has 0 radical (unpaired) electrons. The molecule has 0 spiro atoms. The van der Waals surface area contributed by atoms with Crippen LogP contribution in [0, 0.1) is 0 Å². The second kappa shape index (κ2) is 15.5. The number of aliphatic carboxylic acids is 1. The van der Waals surface area contributed by atoms with E-state index in [1.54, 1.807) is 13.3 Å². The van der Waals surface area contributed by atoms with Crippen LogP contribution >= 0.6 is 34.5 Å². The van der Waals surface area contributed by atoms with Crippen LogP contribution in [0.4, 0.5) is 11.5 Å². The van der Waals surface area contributed by atoms with Crippen LogP contribution in [-0.4, -0.2) is 69.1 Å². The fraction of sp³-hybridized carbons (Fsp3) is 0.324. The van der Waals surface area contributed by atoms with E-state index in [1.807, 2.05) is 59.5 Å². The molecule has 0 unspecified atom stereocenters. The number of thiazole rings is 1. The van der Waals surface area contributed by atoms with E-state index >= 15 is 0 Å². The lowest BCUT2D eigenvalue weighted by Gasteiger charge is -2.31. The van der Waals surface area contributed by atoms with Crippen molar-refractivity contribution in [1.82, 2.24) is 30.5 Å². The fourth-order valence-corrected chi connectivity index (χ4v) is 8.33. The summed E-state index contributed by atoms with van der Waals surface area (Å²) < 4.78 is 6.59. The Balaban J connectivity index is 1.11. The Morgan fingerprint density at radius 2 is 1.84 bits per heavy atom. The lowest BCUT2D eigenvalue weighted by molar-refractivity contribution is -0.144. The number of aromatic nitrogens is 3. The van der Waals surface area contributed by atoms with E-state index in [0.29, 0.717) is 71.1 Å². The van der Waals surface area contributed by atoms with E-state index in [2.05, 4.69) is 20.9 Å². The summed E-state index contributed by atoms with van der Waals surface area (Å²) >= 11 is 15.7. The Morgan fingerprint density at radius 1 is 1.04 bits per heavy atom. The lowest BCUT2D eigenvalue weighted by Crippen LogP contribution is -2.43. The van der Waals surface area contributed by atoms with Crippen LogP contribution in [0.15, 0.2) is 60.8 Å². The number of ether oxygens (including phenoxy) is 1. The number of carbonyl (C=O) groups is 2. The third-order valence-corrected chi connectivity index (χ3v) is 11.1. The summed E-state index contributed by atoms with van der Waals surface area (Å²) in [5, 5.41) is 21.3. The van der Waals surface area contributed by atoms with Crippen molar-refractivity contribution in [1.29, 1.82) is 0 Å². The molecule has 0 bridgehead atoms. The number of halogens is 2. The highest BCUT2D eigenvalue weighted by Crippen LogP contribution is 2.42. The van der Waals surface area contributed by atoms with Crippen molar-refractivity contribution in [2.24, 2.45) is 0 Å². The number of carboxylic acids is 1. The molecule has 0 aliphatic carbocycles. The van der Waals surface area contributed by atoms with Crippen LogP contribution in [0.25, 0.3) is 32.6 Å². The Kier molecular flexibility index (Phi) is 10.7. The van der Waals surface area contributed by atoms with Gasteiger partial charge in [0.05, 0.1) is 39.8 Å². The van der Waals surface area contributed by atoms with Gasteiger partial charge >= 0.3 is 5.97 Å². The summed E-state index contributed by atoms with van der Waals surface area (Å²) in [6.07, 6.45) is 5.66. The van der Waals surface area contributed by atoms with Crippen LogP contribution in [0.2, 0.25) is 10.0 Å². The summed E-state index contributed by atoms with van der Waals surface area (Å²) in [6.45, 7) is 2.42. The Bertz CT molecular complexity index is 2090. The zero-order chi connectivity index (χ0) is 35.5. The standard InChI is InChI=1S/C37H37Cl2N7O4S/c1-50-36-21(18-40-19-22-12-14-30(47)42-22)11-13-26(44-36)25-8-4-6-23(32(25)38)24-7-5-9-27(33(24)39)43-35-34-29(15-16-41-35)51-31(45-34)20-46-17-3-2-10-28(46)37(48)49/h4-9,11,13,15-16,22,28,40H,2-3,10,12,14,17-20H2,1H3,(H,41,43)(H,42,47)(H,48,49)/t22-,28+/m0/s1. The normalized spacial score (nSPS) is 17.8. The number of likely N-dealkylation sites (tertiary alicyclic amines) is 1. The first kappa shape index (κ1) is 35.1. The van der Waals surface area contributed by atoms with Crippen molar-refractivity contribution in [3.63, 3.8) is 0 Å². The molecule has 5 heterocycles. The van der Waals surface area contributed by atoms with Gasteiger partial charge in [-0.3, -0.25) is 14.5 Å². The van der Waals surface area contributed by atoms with Gasteiger partial charge in [0.1, 0.15) is 16.6 Å². The molecule has 5 aromatic rings. The first-order valence-electron chi connectivity index (χ1n) is 16.9. The van der Waals surface area contributed by atoms with Gasteiger partial charge < -0.3 is 25.8 Å². The van der Waals surface area contributed by atoms with Crippen LogP contribution in [0.3, 0.4) is 0 Å². The monoisotopic (exact) mass is 745 g/mol. The molecular weight excluding hydrogens is 709 g/mol. The number of fused-ring (bicyclic) bond motifs is 1. The number of nitrogens with zero attached hydrogens (tertiary/aromatic N) is 4. The molecule has 2 aromatic carbocycles. The number of hydrogen-bond acceptors (Lipinski definition) is 10. The van der Waals surface area contributed by atoms with Gasteiger partial charge in [-0.2, -0.15) is 0 Å². The minimum Gasteiger partial charge on any atom is -0.481 e. The molecule has 14 heteroatoms. The third-order valence-electron chi connectivity index (χ3n) is 9.33. The first-order valence-corrected chi connectivity index (χ1v) is 18.5. The van der Waals surface area contributed by atoms with E-state index in [-0.39, 0.29) is 11.9 Å². The quantitative estimate of drug-likeness (QED) is 0.103. The molecule has 264 valence electrons. The van der Waals surface area contributed by atoms with Crippen molar-refractivity contribution >= 4 is 68.1 Å². The predicted octanol–water partition coefficient (Wildman–Crippen LogP) is 7.29. The van der Waals surface area contributed by atoms with Gasteiger partial charge in [-0.15, -0.1) is 11.3 Å². The molecule has 0 saturated carbocycles. The van der Waals surface area contributed by atoms with Gasteiger partial charge in [0, 0.05) is 54.0 Å². The molecule has 2 aliphatic rings. The minimum absolute atomic E-state index is 0.0934. The number of benzene rings is 2. The molecule has 2 aliphatic heterocycles. The summed E-state index contributed by atoms with van der Waals surface area (Å²) in [5.74, 6) is 0.355. The summed E-state index contributed by atoms with van der Waals surface area (Å²) in [5.41, 5.74) is 5.10. The van der Waals surface area contributed by atoms with E-state index < -0.39 is 12.0 Å². The molecule has 11 nitrogen and oxygen atoms in total. The van der Waals surface area contributed by atoms with Crippen molar-refractivity contribution in [3.05, 3.63) is 81.4 Å². The molecule has 51 heavy (non-hydrogen) atoms. The van der Waals surface area contributed by atoms with Gasteiger partial charge in [-0.25, -0.2) is 15.0 Å². The molecule has 1 amide bonds. The molecule has 2 atom stereocenters. The van der Waals surface area contributed by atoms with E-state index in [4.69, 9.17) is 37.9 Å². The Labute approximate surface area is 309 Å². The zero-order valence-electron chi connectivity index (χ0n) is 27.9. The smallest absolute Gasteiger partial charge is 0.320 e. The number of piperidine rings is 1. The number of methoxy groups -OCH3 is 1. The largest absolute Gasteiger partial charge is 0.481 e. The highest BCUT2D eigenvalue weighted by atomic mass is 35.5. The molecule has 2 fully saturated rings. The second-order valence-corrected chi connectivity index (χ2v) is 14.6. The zero-order valence-corrected chi connectivity index (χ0v) is 30.2. The number of carboxylic acid groups (broad SMARTS) is 1. The van der Waals surface area contributed by atoms with Crippen LogP contribution in [-0.2, 0) is 22.7 Å². The maximum atomic E-state index is 11.9. The number of nitrogens with one attached hydrogen (secondary N) is 3. The summed E-state index contributed by atoms with van der Waals surface area (Å²) in [6, 6.07) is 16.9. The van der Waals surface area contributed by atoms with Gasteiger partial charge in [0.25, 0.3) is 0 Å². The number of amides is 1. The van der Waals surface area contributed by atoms with Crippen LogP contribution < -0.4 is 20.7 Å². The summed E-state index contributed by atoms with van der Waals surface area (Å²) in [7, 11) is 1.59. The van der Waals surface area contributed by atoms with Gasteiger partial charge in [-0.1, -0.05) is 66.0 Å². The van der Waals surface area contributed by atoms with Gasteiger partial charge in [0.15, 0.2) is 5.82 Å². The number of rotatable bonds is 12. The second-order valence-electron chi connectivity index (χ2n) is 12.7. The maximum absolute atomic E-state index is 11.9. The Hall–Kier alpha value is -4.33. The molecule has 7 rings (SSSR count). The lowest BCUT2D eigenvalue weighted by atomic mass is 10.00. The third kappa shape index (κ3) is 7.65. The number of anilines is 2. The topological polar surface area (TPSA) is 142 Å². The van der Waals surface area contributed by atoms with Crippen molar-refractivity contribution in [3.8, 4) is 28.3 Å². The number of hydrogen-bond donors (Lipinski definition) is 4. The summed E-state index contributed by atoms with van der Waals surface area (Å²) in [4.78, 5) is 39.6. The average Bonchev–Trinajstić information content (AvgIpc) is 3.75. The van der Waals surface area contributed by atoms with Crippen molar-refractivity contribution in [2.75, 3.05) is 25.5 Å². The minimum atomic E-state index is -0.786. The fourth-order valence-electron chi connectivity index (χ4n) is 6.74. The van der Waals surface area contributed by atoms with Gasteiger partial charge in [0.2, 0.25) is 11.8 Å². The van der Waals surface area contributed by atoms with E-state index in [9.17, 15) is 14.7 Å². The highest BCUT2D eigenvalue weighted by molar-refractivity contribution is 7.18. The average molecular weight is 747 g/mol. The van der Waals surface area contributed by atoms with E-state index in [0.717, 1.165) is 57.8 Å². The van der Waals surface area contributed by atoms with Gasteiger partial charge in [-0.05, 0) is 44.0 Å². The van der Waals surface area contributed by atoms with E-state index in [1.165, 1.54) is 11.3 Å². The Morgan fingerprint density at radius 3 is 2.63 bits per heavy atom. The predicted molar refractivity (Wildman–Crippen MR) is 201 cm³/mol. The molecule has 4 N–H and O–H groups in total. The molecule has 2 saturated heterocycles. The first-order chi connectivity index (χ1) is 24.8. The van der Waals surface area contributed by atoms with Crippen molar-refractivity contribution < 1.29 is 19.4 Å². The number of carbonyl (C=O) groups excluding carboxylic acids is 1. The molecule has 3 aromatic heterocycles. The maximum Gasteiger partial charge on any atom is 0.320 e. The van der Waals surface area contributed by atoms with Crippen molar-refractivity contribution in [2.45, 2.75) is 57.3 Å². The highest BCUT2D eigenvalue weighted by Gasteiger charge is 2.29. The molecular formula is C37H37Cl2N7O4S. The number of pyridine rings is 2. The SMILES string of the molecule is COc1nc(-c2cccc(-c3cccc(Nc4nccc5sc(CN6CCCC[C@@H]6C(=O)O)nc45)c3Cl)c2Cl)ccc1CNC[C@@H]1CCC(=O)N1. The van der Waals surface area contributed by atoms with Crippen LogP contribution in [0.5, 0.6) is 5.88 Å². The van der Waals surface area contributed by atoms with Crippen LogP contribution in [0.1, 0.15) is 42.7 Å².